The van der Waals surface area contributed by atoms with Crippen molar-refractivity contribution in [1.29, 1.82) is 0 Å². The predicted molar refractivity (Wildman–Crippen MR) is 99.7 cm³/mol. The van der Waals surface area contributed by atoms with Crippen LogP contribution < -0.4 is 5.32 Å². The summed E-state index contributed by atoms with van der Waals surface area (Å²) in [6.07, 6.45) is 3.58. The molecule has 0 unspecified atom stereocenters. The number of rotatable bonds is 3. The number of nitrogens with one attached hydrogen (secondary N) is 1. The molecule has 142 valence electrons. The number of hydrogen-bond donors (Lipinski definition) is 1. The molecule has 0 fully saturated rings. The van der Waals surface area contributed by atoms with Crippen LogP contribution in [0.4, 0.5) is 9.59 Å². The summed E-state index contributed by atoms with van der Waals surface area (Å²) in [5, 5.41) is 2.89. The molecule has 26 heavy (non-hydrogen) atoms. The SMILES string of the molecule is CC(C)(C)OC(=O)N1CC=CC[C@@](C)(NC(=O)OCc2ccccc2)C1. The van der Waals surface area contributed by atoms with Gasteiger partial charge in [-0.25, -0.2) is 9.59 Å². The fourth-order valence-corrected chi connectivity index (χ4v) is 2.66. The Morgan fingerprint density at radius 2 is 1.88 bits per heavy atom. The Morgan fingerprint density at radius 3 is 2.54 bits per heavy atom. The molecule has 1 aromatic rings. The van der Waals surface area contributed by atoms with Crippen molar-refractivity contribution in [3.8, 4) is 0 Å². The summed E-state index contributed by atoms with van der Waals surface area (Å²) in [6, 6.07) is 9.49. The van der Waals surface area contributed by atoms with Crippen LogP contribution in [0, 0.1) is 0 Å². The number of ether oxygens (including phenoxy) is 2. The van der Waals surface area contributed by atoms with Crippen LogP contribution in [0.1, 0.15) is 39.7 Å². The monoisotopic (exact) mass is 360 g/mol. The smallest absolute Gasteiger partial charge is 0.410 e. The molecule has 2 rings (SSSR count). The minimum Gasteiger partial charge on any atom is -0.445 e. The third-order valence-electron chi connectivity index (χ3n) is 3.87. The third kappa shape index (κ3) is 6.43. The summed E-state index contributed by atoms with van der Waals surface area (Å²) >= 11 is 0. The minimum atomic E-state index is -0.627. The quantitative estimate of drug-likeness (QED) is 0.831. The van der Waals surface area contributed by atoms with E-state index in [2.05, 4.69) is 5.32 Å². The lowest BCUT2D eigenvalue weighted by atomic mass is 9.98. The molecule has 6 heteroatoms. The van der Waals surface area contributed by atoms with Gasteiger partial charge in [-0.1, -0.05) is 42.5 Å². The molecule has 1 aromatic carbocycles. The predicted octanol–water partition coefficient (Wildman–Crippen LogP) is 3.87. The van der Waals surface area contributed by atoms with E-state index in [4.69, 9.17) is 9.47 Å². The summed E-state index contributed by atoms with van der Waals surface area (Å²) in [5.74, 6) is 0. The van der Waals surface area contributed by atoms with Crippen molar-refractivity contribution in [3.05, 3.63) is 48.0 Å². The highest BCUT2D eigenvalue weighted by Gasteiger charge is 2.33. The number of carbonyl (C=O) groups is 2. The lowest BCUT2D eigenvalue weighted by molar-refractivity contribution is 0.0224. The number of hydrogen-bond acceptors (Lipinski definition) is 4. The van der Waals surface area contributed by atoms with Gasteiger partial charge in [0.15, 0.2) is 0 Å². The van der Waals surface area contributed by atoms with Crippen LogP contribution in [-0.4, -0.2) is 41.3 Å². The maximum absolute atomic E-state index is 12.4. The van der Waals surface area contributed by atoms with Crippen molar-refractivity contribution in [3.63, 3.8) is 0 Å². The van der Waals surface area contributed by atoms with Gasteiger partial charge in [0.2, 0.25) is 0 Å². The van der Waals surface area contributed by atoms with Crippen LogP contribution in [0.5, 0.6) is 0 Å². The molecule has 2 amide bonds. The van der Waals surface area contributed by atoms with E-state index in [9.17, 15) is 9.59 Å². The molecule has 6 nitrogen and oxygen atoms in total. The fourth-order valence-electron chi connectivity index (χ4n) is 2.66. The van der Waals surface area contributed by atoms with Gasteiger partial charge >= 0.3 is 12.2 Å². The normalized spacial score (nSPS) is 20.2. The largest absolute Gasteiger partial charge is 0.445 e. The van der Waals surface area contributed by atoms with Gasteiger partial charge < -0.3 is 19.7 Å². The van der Waals surface area contributed by atoms with Gasteiger partial charge in [0, 0.05) is 13.1 Å². The highest BCUT2D eigenvalue weighted by molar-refractivity contribution is 5.70. The Kier molecular flexibility index (Phi) is 6.29. The van der Waals surface area contributed by atoms with Crippen molar-refractivity contribution in [2.45, 2.75) is 51.9 Å². The summed E-state index contributed by atoms with van der Waals surface area (Å²) in [6.45, 7) is 8.38. The number of nitrogens with zero attached hydrogens (tertiary/aromatic N) is 1. The summed E-state index contributed by atoms with van der Waals surface area (Å²) in [5.41, 5.74) is -0.271. The van der Waals surface area contributed by atoms with E-state index in [1.54, 1.807) is 4.90 Å². The lowest BCUT2D eigenvalue weighted by Crippen LogP contribution is -2.54. The first-order valence-corrected chi connectivity index (χ1v) is 8.79. The van der Waals surface area contributed by atoms with E-state index in [0.717, 1.165) is 5.56 Å². The van der Waals surface area contributed by atoms with Gasteiger partial charge in [-0.05, 0) is 39.7 Å². The van der Waals surface area contributed by atoms with Gasteiger partial charge in [-0.3, -0.25) is 0 Å². The molecule has 0 aromatic heterocycles. The van der Waals surface area contributed by atoms with Crippen molar-refractivity contribution in [1.82, 2.24) is 10.2 Å². The maximum atomic E-state index is 12.4. The van der Waals surface area contributed by atoms with Gasteiger partial charge in [0.25, 0.3) is 0 Å². The maximum Gasteiger partial charge on any atom is 0.410 e. The number of benzene rings is 1. The fraction of sp³-hybridized carbons (Fsp3) is 0.500. The molecule has 0 spiro atoms. The molecule has 1 N–H and O–H groups in total. The Morgan fingerprint density at radius 1 is 1.19 bits per heavy atom. The standard InChI is InChI=1S/C20H28N2O4/c1-19(2,3)26-18(24)22-13-9-8-12-20(4,15-22)21-17(23)25-14-16-10-6-5-7-11-16/h5-11H,12-15H2,1-4H3,(H,21,23)/t20-/m1/s1. The number of carbonyl (C=O) groups excluding carboxylic acids is 2. The molecule has 1 heterocycles. The Labute approximate surface area is 155 Å². The van der Waals surface area contributed by atoms with E-state index in [1.165, 1.54) is 0 Å². The Bertz CT molecular complexity index is 652. The van der Waals surface area contributed by atoms with Crippen LogP contribution in [0.2, 0.25) is 0 Å². The molecule has 1 atom stereocenters. The second-order valence-corrected chi connectivity index (χ2v) is 7.78. The van der Waals surface area contributed by atoms with Crippen LogP contribution in [-0.2, 0) is 16.1 Å². The van der Waals surface area contributed by atoms with E-state index in [1.807, 2.05) is 70.2 Å². The van der Waals surface area contributed by atoms with Crippen LogP contribution in [0.3, 0.4) is 0 Å². The minimum absolute atomic E-state index is 0.203. The molecule has 0 saturated heterocycles. The second kappa shape index (κ2) is 8.25. The van der Waals surface area contributed by atoms with Gasteiger partial charge in [0.05, 0.1) is 5.54 Å². The van der Waals surface area contributed by atoms with E-state index in [-0.39, 0.29) is 6.61 Å². The highest BCUT2D eigenvalue weighted by Crippen LogP contribution is 2.19. The molecule has 0 saturated carbocycles. The lowest BCUT2D eigenvalue weighted by Gasteiger charge is -2.34. The first kappa shape index (κ1) is 19.8. The molecule has 0 bridgehead atoms. The average molecular weight is 360 g/mol. The van der Waals surface area contributed by atoms with E-state index in [0.29, 0.717) is 19.5 Å². The zero-order valence-electron chi connectivity index (χ0n) is 16.0. The average Bonchev–Trinajstić information content (AvgIpc) is 2.74. The van der Waals surface area contributed by atoms with Crippen molar-refractivity contribution < 1.29 is 19.1 Å². The molecule has 1 aliphatic heterocycles. The molecule has 1 aliphatic rings. The second-order valence-electron chi connectivity index (χ2n) is 7.78. The van der Waals surface area contributed by atoms with Crippen molar-refractivity contribution >= 4 is 12.2 Å². The van der Waals surface area contributed by atoms with Crippen LogP contribution in [0.15, 0.2) is 42.5 Å². The molecular weight excluding hydrogens is 332 g/mol. The number of alkyl carbamates (subject to hydrolysis) is 1. The third-order valence-corrected chi connectivity index (χ3v) is 3.87. The van der Waals surface area contributed by atoms with Crippen molar-refractivity contribution in [2.75, 3.05) is 13.1 Å². The highest BCUT2D eigenvalue weighted by atomic mass is 16.6. The summed E-state index contributed by atoms with van der Waals surface area (Å²) in [7, 11) is 0. The van der Waals surface area contributed by atoms with Gasteiger partial charge in [-0.15, -0.1) is 0 Å². The summed E-state index contributed by atoms with van der Waals surface area (Å²) < 4.78 is 10.7. The topological polar surface area (TPSA) is 67.9 Å². The number of amides is 2. The molecule has 0 radical (unpaired) electrons. The van der Waals surface area contributed by atoms with Crippen molar-refractivity contribution in [2.24, 2.45) is 0 Å². The molecule has 0 aliphatic carbocycles. The zero-order valence-corrected chi connectivity index (χ0v) is 16.0. The van der Waals surface area contributed by atoms with Crippen LogP contribution in [0.25, 0.3) is 0 Å². The van der Waals surface area contributed by atoms with Gasteiger partial charge in [-0.2, -0.15) is 0 Å². The summed E-state index contributed by atoms with van der Waals surface area (Å²) in [4.78, 5) is 26.2. The van der Waals surface area contributed by atoms with Crippen LogP contribution >= 0.6 is 0 Å². The molecular formula is C20H28N2O4. The first-order valence-electron chi connectivity index (χ1n) is 8.79. The first-order chi connectivity index (χ1) is 12.2. The van der Waals surface area contributed by atoms with E-state index >= 15 is 0 Å². The Balaban J connectivity index is 1.94. The Hall–Kier alpha value is -2.50. The van der Waals surface area contributed by atoms with E-state index < -0.39 is 23.3 Å². The van der Waals surface area contributed by atoms with Gasteiger partial charge in [0.1, 0.15) is 12.2 Å². The zero-order chi connectivity index (χ0) is 19.2.